The van der Waals surface area contributed by atoms with Crippen LogP contribution in [-0.2, 0) is 4.79 Å². The zero-order valence-electron chi connectivity index (χ0n) is 6.03. The summed E-state index contributed by atoms with van der Waals surface area (Å²) in [5, 5.41) is 26.3. The standard InChI is InChI=1S/C6H11NO4/c8-5(9)6(10,11)7-3-1-2-4-7/h10-11H,1-4H2,(H,8,9). The fourth-order valence-corrected chi connectivity index (χ4v) is 1.16. The summed E-state index contributed by atoms with van der Waals surface area (Å²) in [6.45, 7) is 0.860. The van der Waals surface area contributed by atoms with Crippen LogP contribution in [0, 0.1) is 0 Å². The van der Waals surface area contributed by atoms with Crippen LogP contribution in [0.25, 0.3) is 0 Å². The van der Waals surface area contributed by atoms with Gasteiger partial charge < -0.3 is 15.3 Å². The van der Waals surface area contributed by atoms with E-state index in [0.29, 0.717) is 13.1 Å². The molecule has 1 saturated heterocycles. The van der Waals surface area contributed by atoms with E-state index in [1.54, 1.807) is 0 Å². The van der Waals surface area contributed by atoms with Crippen LogP contribution in [0.2, 0.25) is 0 Å². The summed E-state index contributed by atoms with van der Waals surface area (Å²) >= 11 is 0. The van der Waals surface area contributed by atoms with Crippen molar-refractivity contribution in [3.8, 4) is 0 Å². The summed E-state index contributed by atoms with van der Waals surface area (Å²) in [6, 6.07) is 0. The fraction of sp³-hybridized carbons (Fsp3) is 0.833. The summed E-state index contributed by atoms with van der Waals surface area (Å²) in [5.41, 5.74) is 0. The molecule has 0 saturated carbocycles. The van der Waals surface area contributed by atoms with Gasteiger partial charge in [-0.15, -0.1) is 0 Å². The number of aliphatic carboxylic acids is 1. The van der Waals surface area contributed by atoms with Crippen molar-refractivity contribution < 1.29 is 20.1 Å². The van der Waals surface area contributed by atoms with Crippen LogP contribution < -0.4 is 0 Å². The molecule has 1 aliphatic rings. The minimum Gasteiger partial charge on any atom is -0.476 e. The Morgan fingerprint density at radius 3 is 2.09 bits per heavy atom. The summed E-state index contributed by atoms with van der Waals surface area (Å²) < 4.78 is 0. The lowest BCUT2D eigenvalue weighted by Crippen LogP contribution is -2.53. The smallest absolute Gasteiger partial charge is 0.381 e. The van der Waals surface area contributed by atoms with Crippen LogP contribution in [0.1, 0.15) is 12.8 Å². The second kappa shape index (κ2) is 2.77. The van der Waals surface area contributed by atoms with Gasteiger partial charge in [-0.1, -0.05) is 0 Å². The quantitative estimate of drug-likeness (QED) is 0.443. The SMILES string of the molecule is O=C(O)C(O)(O)N1CCCC1. The third kappa shape index (κ3) is 1.50. The minimum absolute atomic E-state index is 0.430. The molecule has 0 spiro atoms. The van der Waals surface area contributed by atoms with Gasteiger partial charge >= 0.3 is 11.9 Å². The summed E-state index contributed by atoms with van der Waals surface area (Å²) in [5.74, 6) is -4.28. The van der Waals surface area contributed by atoms with Crippen LogP contribution in [0.3, 0.4) is 0 Å². The molecule has 0 radical (unpaired) electrons. The Morgan fingerprint density at radius 1 is 1.27 bits per heavy atom. The summed E-state index contributed by atoms with van der Waals surface area (Å²) in [7, 11) is 0. The van der Waals surface area contributed by atoms with Gasteiger partial charge in [-0.05, 0) is 12.8 Å². The van der Waals surface area contributed by atoms with Crippen molar-refractivity contribution >= 4 is 5.97 Å². The van der Waals surface area contributed by atoms with Crippen LogP contribution in [-0.4, -0.2) is 45.2 Å². The van der Waals surface area contributed by atoms with Crippen LogP contribution >= 0.6 is 0 Å². The maximum absolute atomic E-state index is 10.3. The highest BCUT2D eigenvalue weighted by molar-refractivity contribution is 5.74. The molecule has 0 bridgehead atoms. The van der Waals surface area contributed by atoms with E-state index in [0.717, 1.165) is 17.7 Å². The number of hydrogen-bond acceptors (Lipinski definition) is 4. The van der Waals surface area contributed by atoms with Crippen molar-refractivity contribution in [2.45, 2.75) is 18.8 Å². The van der Waals surface area contributed by atoms with E-state index >= 15 is 0 Å². The Hall–Kier alpha value is -0.650. The van der Waals surface area contributed by atoms with E-state index < -0.39 is 11.9 Å². The van der Waals surface area contributed by atoms with Gasteiger partial charge in [-0.25, -0.2) is 9.69 Å². The van der Waals surface area contributed by atoms with E-state index in [2.05, 4.69) is 0 Å². The zero-order valence-corrected chi connectivity index (χ0v) is 6.03. The van der Waals surface area contributed by atoms with Crippen molar-refractivity contribution in [1.82, 2.24) is 4.90 Å². The molecule has 0 amide bonds. The number of carboxylic acid groups (broad SMARTS) is 1. The van der Waals surface area contributed by atoms with Gasteiger partial charge in [-0.2, -0.15) is 0 Å². The lowest BCUT2D eigenvalue weighted by atomic mass is 10.4. The molecule has 3 N–H and O–H groups in total. The Bertz CT molecular complexity index is 162. The van der Waals surface area contributed by atoms with Gasteiger partial charge in [0, 0.05) is 13.1 Å². The maximum atomic E-state index is 10.3. The van der Waals surface area contributed by atoms with E-state index in [-0.39, 0.29) is 0 Å². The lowest BCUT2D eigenvalue weighted by molar-refractivity contribution is -0.259. The van der Waals surface area contributed by atoms with Crippen LogP contribution in [0.15, 0.2) is 0 Å². The number of rotatable bonds is 2. The third-order valence-electron chi connectivity index (χ3n) is 1.83. The summed E-state index contributed by atoms with van der Waals surface area (Å²) in [6.07, 6.45) is 1.63. The molecule has 1 rings (SSSR count). The second-order valence-corrected chi connectivity index (χ2v) is 2.63. The zero-order chi connectivity index (χ0) is 8.48. The average Bonchev–Trinajstić information content (AvgIpc) is 2.37. The second-order valence-electron chi connectivity index (χ2n) is 2.63. The van der Waals surface area contributed by atoms with Crippen LogP contribution in [0.5, 0.6) is 0 Å². The first-order chi connectivity index (χ1) is 5.05. The van der Waals surface area contributed by atoms with Gasteiger partial charge in [0.25, 0.3) is 0 Å². The predicted octanol–water partition coefficient (Wildman–Crippen LogP) is -1.19. The number of carboxylic acids is 1. The lowest BCUT2D eigenvalue weighted by Gasteiger charge is -2.26. The molecular formula is C6H11NO4. The molecule has 1 aliphatic heterocycles. The van der Waals surface area contributed by atoms with Gasteiger partial charge in [0.2, 0.25) is 0 Å². The molecule has 11 heavy (non-hydrogen) atoms. The highest BCUT2D eigenvalue weighted by atomic mass is 16.6. The van der Waals surface area contributed by atoms with Crippen molar-refractivity contribution in [3.63, 3.8) is 0 Å². The minimum atomic E-state index is -2.67. The van der Waals surface area contributed by atoms with Crippen molar-refractivity contribution in [3.05, 3.63) is 0 Å². The van der Waals surface area contributed by atoms with Crippen molar-refractivity contribution in [2.24, 2.45) is 0 Å². The highest BCUT2D eigenvalue weighted by Gasteiger charge is 2.41. The first kappa shape index (κ1) is 8.45. The molecule has 1 fully saturated rings. The Morgan fingerprint density at radius 2 is 1.73 bits per heavy atom. The fourth-order valence-electron chi connectivity index (χ4n) is 1.16. The largest absolute Gasteiger partial charge is 0.476 e. The van der Waals surface area contributed by atoms with Gasteiger partial charge in [0.1, 0.15) is 0 Å². The van der Waals surface area contributed by atoms with Gasteiger partial charge in [0.05, 0.1) is 0 Å². The molecule has 0 aromatic carbocycles. The normalized spacial score (nSPS) is 20.5. The monoisotopic (exact) mass is 161 g/mol. The van der Waals surface area contributed by atoms with E-state index in [9.17, 15) is 4.79 Å². The molecule has 64 valence electrons. The topological polar surface area (TPSA) is 81.0 Å². The van der Waals surface area contributed by atoms with Gasteiger partial charge in [0.15, 0.2) is 0 Å². The van der Waals surface area contributed by atoms with E-state index in [1.807, 2.05) is 0 Å². The number of likely N-dealkylation sites (tertiary alicyclic amines) is 1. The summed E-state index contributed by atoms with van der Waals surface area (Å²) in [4.78, 5) is 11.4. The number of aliphatic hydroxyl groups is 2. The molecule has 0 unspecified atom stereocenters. The first-order valence-corrected chi connectivity index (χ1v) is 3.48. The third-order valence-corrected chi connectivity index (χ3v) is 1.83. The molecule has 0 aliphatic carbocycles. The Labute approximate surface area is 63.9 Å². The predicted molar refractivity (Wildman–Crippen MR) is 35.6 cm³/mol. The van der Waals surface area contributed by atoms with Crippen LogP contribution in [0.4, 0.5) is 0 Å². The molecule has 1 heterocycles. The molecular weight excluding hydrogens is 150 g/mol. The molecule has 5 nitrogen and oxygen atoms in total. The number of carbonyl (C=O) groups is 1. The van der Waals surface area contributed by atoms with Crippen molar-refractivity contribution in [1.29, 1.82) is 0 Å². The Balaban J connectivity index is 2.62. The molecule has 0 atom stereocenters. The first-order valence-electron chi connectivity index (χ1n) is 3.48. The van der Waals surface area contributed by atoms with E-state index in [4.69, 9.17) is 15.3 Å². The Kier molecular flexibility index (Phi) is 2.12. The van der Waals surface area contributed by atoms with Gasteiger partial charge in [-0.3, -0.25) is 0 Å². The number of hydrogen-bond donors (Lipinski definition) is 3. The maximum Gasteiger partial charge on any atom is 0.381 e. The molecule has 0 aromatic rings. The molecule has 0 aromatic heterocycles. The molecule has 5 heteroatoms. The average molecular weight is 161 g/mol. The number of nitrogens with zero attached hydrogens (tertiary/aromatic N) is 1. The highest BCUT2D eigenvalue weighted by Crippen LogP contribution is 2.16. The van der Waals surface area contributed by atoms with Crippen molar-refractivity contribution in [2.75, 3.05) is 13.1 Å². The van der Waals surface area contributed by atoms with E-state index in [1.165, 1.54) is 0 Å².